The fourth-order valence-electron chi connectivity index (χ4n) is 2.37. The van der Waals surface area contributed by atoms with E-state index in [1.807, 2.05) is 0 Å². The molecule has 1 aliphatic heterocycles. The van der Waals surface area contributed by atoms with Crippen LogP contribution in [0.5, 0.6) is 0 Å². The van der Waals surface area contributed by atoms with Crippen LogP contribution in [0.2, 0.25) is 10.0 Å². The number of hydrogen-bond acceptors (Lipinski definition) is 7. The Bertz CT molecular complexity index is 717. The van der Waals surface area contributed by atoms with Gasteiger partial charge in [-0.15, -0.1) is 0 Å². The summed E-state index contributed by atoms with van der Waals surface area (Å²) in [4.78, 5) is 10.7. The summed E-state index contributed by atoms with van der Waals surface area (Å²) in [5, 5.41) is 6.31. The molecule has 128 valence electrons. The molecule has 1 aliphatic rings. The highest BCUT2D eigenvalue weighted by molar-refractivity contribution is 6.35. The van der Waals surface area contributed by atoms with E-state index in [0.29, 0.717) is 33.1 Å². The summed E-state index contributed by atoms with van der Waals surface area (Å²) in [6, 6.07) is 5.16. The van der Waals surface area contributed by atoms with Gasteiger partial charge in [-0.25, -0.2) is 15.0 Å². The molecule has 24 heavy (non-hydrogen) atoms. The molecule has 0 atom stereocenters. The lowest BCUT2D eigenvalue weighted by molar-refractivity contribution is 0.178. The highest BCUT2D eigenvalue weighted by Gasteiger charge is 2.16. The SMILES string of the molecule is CN1CCN(Nc2ncnc(Nc3cc(Cl)ccc3Cl)c2N)CC1. The molecular weight excluding hydrogens is 349 g/mol. The summed E-state index contributed by atoms with van der Waals surface area (Å²) in [5.41, 5.74) is 10.5. The Hall–Kier alpha value is -1.80. The van der Waals surface area contributed by atoms with E-state index in [4.69, 9.17) is 28.9 Å². The van der Waals surface area contributed by atoms with Gasteiger partial charge in [0, 0.05) is 31.2 Å². The maximum absolute atomic E-state index is 6.20. The number of nitrogens with zero attached hydrogens (tertiary/aromatic N) is 4. The molecule has 0 saturated carbocycles. The zero-order valence-electron chi connectivity index (χ0n) is 13.3. The van der Waals surface area contributed by atoms with E-state index >= 15 is 0 Å². The minimum absolute atomic E-state index is 0.424. The first-order valence-corrected chi connectivity index (χ1v) is 8.31. The normalized spacial score (nSPS) is 16.1. The maximum Gasteiger partial charge on any atom is 0.169 e. The molecule has 9 heteroatoms. The second kappa shape index (κ2) is 7.40. The van der Waals surface area contributed by atoms with Crippen LogP contribution in [0, 0.1) is 0 Å². The number of nitrogens with one attached hydrogen (secondary N) is 2. The molecule has 0 radical (unpaired) electrons. The topological polar surface area (TPSA) is 82.3 Å². The Labute approximate surface area is 150 Å². The molecule has 1 saturated heterocycles. The molecule has 7 nitrogen and oxygen atoms in total. The predicted octanol–water partition coefficient (Wildman–Crippen LogP) is 2.68. The third kappa shape index (κ3) is 3.99. The van der Waals surface area contributed by atoms with Crippen molar-refractivity contribution in [3.63, 3.8) is 0 Å². The van der Waals surface area contributed by atoms with Crippen molar-refractivity contribution in [2.24, 2.45) is 0 Å². The van der Waals surface area contributed by atoms with Gasteiger partial charge in [0.1, 0.15) is 12.0 Å². The molecule has 3 rings (SSSR count). The van der Waals surface area contributed by atoms with Crippen LogP contribution in [0.4, 0.5) is 23.0 Å². The second-order valence-electron chi connectivity index (χ2n) is 5.64. The van der Waals surface area contributed by atoms with E-state index < -0.39 is 0 Å². The summed E-state index contributed by atoms with van der Waals surface area (Å²) in [6.07, 6.45) is 1.45. The van der Waals surface area contributed by atoms with Gasteiger partial charge < -0.3 is 21.4 Å². The van der Waals surface area contributed by atoms with E-state index in [1.165, 1.54) is 6.33 Å². The van der Waals surface area contributed by atoms with Crippen molar-refractivity contribution in [1.29, 1.82) is 0 Å². The van der Waals surface area contributed by atoms with Crippen LogP contribution in [0.15, 0.2) is 24.5 Å². The Kier molecular flexibility index (Phi) is 5.25. The van der Waals surface area contributed by atoms with Gasteiger partial charge in [0.2, 0.25) is 0 Å². The first kappa shape index (κ1) is 17.0. The van der Waals surface area contributed by atoms with Gasteiger partial charge in [0.25, 0.3) is 0 Å². The summed E-state index contributed by atoms with van der Waals surface area (Å²) in [5.74, 6) is 1.04. The largest absolute Gasteiger partial charge is 0.393 e. The van der Waals surface area contributed by atoms with E-state index in [0.717, 1.165) is 26.2 Å². The van der Waals surface area contributed by atoms with Crippen molar-refractivity contribution in [3.8, 4) is 0 Å². The monoisotopic (exact) mass is 367 g/mol. The van der Waals surface area contributed by atoms with Gasteiger partial charge in [0.05, 0.1) is 10.7 Å². The van der Waals surface area contributed by atoms with Gasteiger partial charge in [0.15, 0.2) is 11.6 Å². The maximum atomic E-state index is 6.20. The van der Waals surface area contributed by atoms with Crippen molar-refractivity contribution >= 4 is 46.2 Å². The quantitative estimate of drug-likeness (QED) is 0.765. The van der Waals surface area contributed by atoms with Gasteiger partial charge in [-0.2, -0.15) is 0 Å². The third-order valence-corrected chi connectivity index (χ3v) is 4.40. The highest BCUT2D eigenvalue weighted by atomic mass is 35.5. The summed E-state index contributed by atoms with van der Waals surface area (Å²) in [7, 11) is 2.10. The van der Waals surface area contributed by atoms with Crippen molar-refractivity contribution in [2.75, 3.05) is 49.7 Å². The Morgan fingerprint density at radius 3 is 2.54 bits per heavy atom. The van der Waals surface area contributed by atoms with Gasteiger partial charge in [-0.3, -0.25) is 0 Å². The molecule has 0 spiro atoms. The fourth-order valence-corrected chi connectivity index (χ4v) is 2.71. The van der Waals surface area contributed by atoms with Crippen LogP contribution in [-0.4, -0.2) is 53.1 Å². The number of hydrazine groups is 1. The average Bonchev–Trinajstić information content (AvgIpc) is 2.56. The van der Waals surface area contributed by atoms with Gasteiger partial charge in [-0.1, -0.05) is 23.2 Å². The van der Waals surface area contributed by atoms with Crippen LogP contribution < -0.4 is 16.5 Å². The second-order valence-corrected chi connectivity index (χ2v) is 6.48. The third-order valence-electron chi connectivity index (χ3n) is 3.83. The smallest absolute Gasteiger partial charge is 0.169 e. The molecule has 1 fully saturated rings. The molecule has 2 aromatic rings. The molecular formula is C15H19Cl2N7. The molecule has 0 bridgehead atoms. The number of nitrogens with two attached hydrogens (primary N) is 1. The minimum Gasteiger partial charge on any atom is -0.393 e. The minimum atomic E-state index is 0.424. The lowest BCUT2D eigenvalue weighted by atomic mass is 10.3. The van der Waals surface area contributed by atoms with Crippen molar-refractivity contribution in [2.45, 2.75) is 0 Å². The number of halogens is 2. The number of anilines is 4. The van der Waals surface area contributed by atoms with Crippen LogP contribution in [0.1, 0.15) is 0 Å². The summed E-state index contributed by atoms with van der Waals surface area (Å²) < 4.78 is 0. The number of aromatic nitrogens is 2. The first-order chi connectivity index (χ1) is 11.5. The van der Waals surface area contributed by atoms with Gasteiger partial charge >= 0.3 is 0 Å². The Balaban J connectivity index is 1.77. The fraction of sp³-hybridized carbons (Fsp3) is 0.333. The molecule has 2 heterocycles. The number of nitrogen functional groups attached to an aromatic ring is 1. The number of benzene rings is 1. The van der Waals surface area contributed by atoms with Crippen LogP contribution in [0.3, 0.4) is 0 Å². The van der Waals surface area contributed by atoms with Crippen molar-refractivity contribution in [1.82, 2.24) is 19.9 Å². The van der Waals surface area contributed by atoms with E-state index in [1.54, 1.807) is 18.2 Å². The lowest BCUT2D eigenvalue weighted by Crippen LogP contribution is -2.47. The number of hydrogen-bond donors (Lipinski definition) is 3. The molecule has 1 aromatic heterocycles. The molecule has 1 aromatic carbocycles. The van der Waals surface area contributed by atoms with Crippen LogP contribution in [0.25, 0.3) is 0 Å². The van der Waals surface area contributed by atoms with Crippen molar-refractivity contribution < 1.29 is 0 Å². The Morgan fingerprint density at radius 2 is 1.79 bits per heavy atom. The van der Waals surface area contributed by atoms with Crippen LogP contribution >= 0.6 is 23.2 Å². The number of piperazine rings is 1. The summed E-state index contributed by atoms with van der Waals surface area (Å²) in [6.45, 7) is 3.76. The molecule has 0 aliphatic carbocycles. The standard InChI is InChI=1S/C15H19Cl2N7/c1-23-4-6-24(7-5-23)22-15-13(18)14(19-9-20-15)21-12-8-10(16)2-3-11(12)17/h2-3,8-9H,4-7,18H2,1H3,(H2,19,20,21,22). The Morgan fingerprint density at radius 1 is 1.08 bits per heavy atom. The zero-order valence-corrected chi connectivity index (χ0v) is 14.8. The first-order valence-electron chi connectivity index (χ1n) is 7.55. The average molecular weight is 368 g/mol. The molecule has 4 N–H and O–H groups in total. The number of likely N-dealkylation sites (N-methyl/N-ethyl adjacent to an activating group) is 1. The van der Waals surface area contributed by atoms with Crippen molar-refractivity contribution in [3.05, 3.63) is 34.6 Å². The van der Waals surface area contributed by atoms with Gasteiger partial charge in [-0.05, 0) is 25.2 Å². The molecule has 0 amide bonds. The van der Waals surface area contributed by atoms with E-state index in [-0.39, 0.29) is 0 Å². The predicted molar refractivity (Wildman–Crippen MR) is 98.9 cm³/mol. The lowest BCUT2D eigenvalue weighted by Gasteiger charge is -2.33. The highest BCUT2D eigenvalue weighted by Crippen LogP contribution is 2.31. The zero-order chi connectivity index (χ0) is 17.1. The van der Waals surface area contributed by atoms with E-state index in [2.05, 4.69) is 37.7 Å². The number of rotatable bonds is 4. The molecule has 0 unspecified atom stereocenters. The van der Waals surface area contributed by atoms with Crippen LogP contribution in [-0.2, 0) is 0 Å². The van der Waals surface area contributed by atoms with E-state index in [9.17, 15) is 0 Å². The summed E-state index contributed by atoms with van der Waals surface area (Å²) >= 11 is 12.2.